The van der Waals surface area contributed by atoms with Gasteiger partial charge in [0, 0.05) is 21.9 Å². The molecule has 0 fully saturated rings. The van der Waals surface area contributed by atoms with E-state index in [9.17, 15) is 22.8 Å². The minimum Gasteiger partial charge on any atom is -0.459 e. The first-order valence-corrected chi connectivity index (χ1v) is 12.6. The third-order valence-electron chi connectivity index (χ3n) is 4.69. The van der Waals surface area contributed by atoms with Gasteiger partial charge in [0.15, 0.2) is 0 Å². The molecule has 3 rings (SSSR count). The molecule has 2 aromatic carbocycles. The molecule has 7 nitrogen and oxygen atoms in total. The fourth-order valence-corrected chi connectivity index (χ4v) is 4.54. The second kappa shape index (κ2) is 9.57. The van der Waals surface area contributed by atoms with Crippen LogP contribution >= 0.6 is 46.4 Å². The number of fused-ring (bicyclic) bond motifs is 1. The van der Waals surface area contributed by atoms with Crippen molar-refractivity contribution in [2.24, 2.45) is 0 Å². The number of ether oxygens (including phenoxy) is 1. The Morgan fingerprint density at radius 2 is 1.53 bits per heavy atom. The van der Waals surface area contributed by atoms with E-state index >= 15 is 0 Å². The molecule has 0 unspecified atom stereocenters. The lowest BCUT2D eigenvalue weighted by atomic mass is 10.1. The van der Waals surface area contributed by atoms with Crippen LogP contribution in [-0.2, 0) is 26.0 Å². The third kappa shape index (κ3) is 5.38. The number of halogens is 4. The van der Waals surface area contributed by atoms with Crippen LogP contribution in [-0.4, -0.2) is 49.2 Å². The van der Waals surface area contributed by atoms with Crippen molar-refractivity contribution in [2.45, 2.75) is 19.1 Å². The highest BCUT2D eigenvalue weighted by molar-refractivity contribution is 7.90. The number of benzene rings is 2. The summed E-state index contributed by atoms with van der Waals surface area (Å²) >= 11 is 23.8. The monoisotopic (exact) mass is 537 g/mol. The molecule has 32 heavy (non-hydrogen) atoms. The SMILES string of the molecule is CS(=O)(=O)CC[C@H](C(=O)OCc1ccc(Cl)cc1Cl)N1C(=O)c2cc(Cl)c(Cl)cc2C1=O. The summed E-state index contributed by atoms with van der Waals surface area (Å²) in [6, 6.07) is 5.54. The summed E-state index contributed by atoms with van der Waals surface area (Å²) in [7, 11) is -3.51. The smallest absolute Gasteiger partial charge is 0.329 e. The molecule has 0 spiro atoms. The highest BCUT2D eigenvalue weighted by Crippen LogP contribution is 2.33. The summed E-state index contributed by atoms with van der Waals surface area (Å²) in [5.41, 5.74) is 0.358. The van der Waals surface area contributed by atoms with E-state index < -0.39 is 39.4 Å². The number of sulfone groups is 1. The molecule has 2 amide bonds. The average molecular weight is 539 g/mol. The van der Waals surface area contributed by atoms with Crippen LogP contribution in [0.15, 0.2) is 30.3 Å². The van der Waals surface area contributed by atoms with Gasteiger partial charge in [-0.1, -0.05) is 52.5 Å². The van der Waals surface area contributed by atoms with E-state index in [0.717, 1.165) is 6.26 Å². The maximum atomic E-state index is 12.9. The van der Waals surface area contributed by atoms with Crippen molar-refractivity contribution in [3.05, 3.63) is 67.1 Å². The molecule has 1 heterocycles. The molecular formula is C20H15Cl4NO6S. The molecule has 170 valence electrons. The van der Waals surface area contributed by atoms with Crippen LogP contribution in [0.25, 0.3) is 0 Å². The van der Waals surface area contributed by atoms with E-state index in [1.165, 1.54) is 18.2 Å². The van der Waals surface area contributed by atoms with E-state index in [-0.39, 0.29) is 39.2 Å². The van der Waals surface area contributed by atoms with Gasteiger partial charge in [-0.05, 0) is 30.7 Å². The quantitative estimate of drug-likeness (QED) is 0.381. The molecule has 0 aliphatic carbocycles. The molecule has 1 aliphatic heterocycles. The van der Waals surface area contributed by atoms with Crippen LogP contribution in [0.3, 0.4) is 0 Å². The van der Waals surface area contributed by atoms with Crippen LogP contribution in [0.2, 0.25) is 20.1 Å². The number of esters is 1. The topological polar surface area (TPSA) is 97.8 Å². The molecule has 0 aromatic heterocycles. The molecule has 0 saturated heterocycles. The molecule has 2 aromatic rings. The Hall–Kier alpha value is -1.84. The van der Waals surface area contributed by atoms with Gasteiger partial charge in [0.05, 0.1) is 26.9 Å². The summed E-state index contributed by atoms with van der Waals surface area (Å²) in [6.45, 7) is -0.273. The van der Waals surface area contributed by atoms with E-state index in [4.69, 9.17) is 51.1 Å². The summed E-state index contributed by atoms with van der Waals surface area (Å²) in [4.78, 5) is 39.4. The number of hydrogen-bond acceptors (Lipinski definition) is 6. The normalized spacial score (nSPS) is 14.5. The highest BCUT2D eigenvalue weighted by atomic mass is 35.5. The molecule has 0 radical (unpaired) electrons. The fraction of sp³-hybridized carbons (Fsp3) is 0.250. The van der Waals surface area contributed by atoms with Crippen molar-refractivity contribution in [1.82, 2.24) is 4.90 Å². The zero-order valence-corrected chi connectivity index (χ0v) is 20.2. The maximum absolute atomic E-state index is 12.9. The lowest BCUT2D eigenvalue weighted by Gasteiger charge is -2.24. The Morgan fingerprint density at radius 1 is 0.969 bits per heavy atom. The number of carbonyl (C=O) groups is 3. The second-order valence-electron chi connectivity index (χ2n) is 7.07. The Bertz CT molecular complexity index is 1190. The minimum absolute atomic E-state index is 0.0395. The number of carbonyl (C=O) groups excluding carboxylic acids is 3. The predicted molar refractivity (Wildman–Crippen MR) is 121 cm³/mol. The summed E-state index contributed by atoms with van der Waals surface area (Å²) in [5.74, 6) is -3.03. The zero-order chi connectivity index (χ0) is 23.8. The van der Waals surface area contributed by atoms with Gasteiger partial charge in [-0.15, -0.1) is 0 Å². The van der Waals surface area contributed by atoms with E-state index in [1.807, 2.05) is 0 Å². The second-order valence-corrected chi connectivity index (χ2v) is 11.0. The highest BCUT2D eigenvalue weighted by Gasteiger charge is 2.44. The minimum atomic E-state index is -3.51. The van der Waals surface area contributed by atoms with Gasteiger partial charge in [0.1, 0.15) is 22.5 Å². The number of hydrogen-bond donors (Lipinski definition) is 0. The van der Waals surface area contributed by atoms with Gasteiger partial charge in [-0.3, -0.25) is 14.5 Å². The first-order chi connectivity index (χ1) is 14.9. The lowest BCUT2D eigenvalue weighted by Crippen LogP contribution is -2.46. The number of imide groups is 1. The van der Waals surface area contributed by atoms with Gasteiger partial charge in [0.2, 0.25) is 0 Å². The number of amides is 2. The van der Waals surface area contributed by atoms with Crippen LogP contribution in [0.5, 0.6) is 0 Å². The summed E-state index contributed by atoms with van der Waals surface area (Å²) in [5, 5.41) is 0.754. The van der Waals surface area contributed by atoms with Crippen molar-refractivity contribution in [3.8, 4) is 0 Å². The van der Waals surface area contributed by atoms with Gasteiger partial charge < -0.3 is 4.74 Å². The first-order valence-electron chi connectivity index (χ1n) is 9.04. The molecule has 0 saturated carbocycles. The van der Waals surface area contributed by atoms with Crippen LogP contribution in [0, 0.1) is 0 Å². The summed E-state index contributed by atoms with van der Waals surface area (Å²) < 4.78 is 28.7. The Balaban J connectivity index is 1.89. The van der Waals surface area contributed by atoms with E-state index in [0.29, 0.717) is 15.5 Å². The van der Waals surface area contributed by atoms with Gasteiger partial charge >= 0.3 is 5.97 Å². The molecule has 0 N–H and O–H groups in total. The van der Waals surface area contributed by atoms with Crippen LogP contribution < -0.4 is 0 Å². The van der Waals surface area contributed by atoms with E-state index in [2.05, 4.69) is 0 Å². The fourth-order valence-electron chi connectivity index (χ4n) is 3.10. The first kappa shape index (κ1) is 24.8. The molecule has 0 bridgehead atoms. The predicted octanol–water partition coefficient (Wildman–Crippen LogP) is 4.44. The Labute approximate surface area is 204 Å². The van der Waals surface area contributed by atoms with Crippen molar-refractivity contribution >= 4 is 74.0 Å². The van der Waals surface area contributed by atoms with Gasteiger partial charge in [-0.25, -0.2) is 13.2 Å². The number of rotatable bonds is 7. The zero-order valence-electron chi connectivity index (χ0n) is 16.4. The summed E-state index contributed by atoms with van der Waals surface area (Å²) in [6.07, 6.45) is 0.629. The molecular weight excluding hydrogens is 524 g/mol. The molecule has 1 aliphatic rings. The largest absolute Gasteiger partial charge is 0.459 e. The molecule has 12 heteroatoms. The third-order valence-corrected chi connectivity index (χ3v) is 6.98. The maximum Gasteiger partial charge on any atom is 0.329 e. The van der Waals surface area contributed by atoms with Crippen molar-refractivity contribution < 1.29 is 27.5 Å². The van der Waals surface area contributed by atoms with E-state index in [1.54, 1.807) is 12.1 Å². The standard InChI is InChI=1S/C20H15Cl4NO6S/c1-32(29,30)5-4-17(20(28)31-9-10-2-3-11(21)6-14(10)22)25-18(26)12-7-15(23)16(24)8-13(12)19(25)27/h2-3,6-8,17H,4-5,9H2,1H3/t17-/m1/s1. The Morgan fingerprint density at radius 3 is 2.03 bits per heavy atom. The molecule has 1 atom stereocenters. The van der Waals surface area contributed by atoms with Crippen molar-refractivity contribution in [2.75, 3.05) is 12.0 Å². The van der Waals surface area contributed by atoms with Crippen LogP contribution in [0.4, 0.5) is 0 Å². The Kier molecular flexibility index (Phi) is 7.41. The average Bonchev–Trinajstić information content (AvgIpc) is 2.91. The lowest BCUT2D eigenvalue weighted by molar-refractivity contribution is -0.149. The number of nitrogens with zero attached hydrogens (tertiary/aromatic N) is 1. The van der Waals surface area contributed by atoms with Crippen molar-refractivity contribution in [3.63, 3.8) is 0 Å². The van der Waals surface area contributed by atoms with Gasteiger partial charge in [0.25, 0.3) is 11.8 Å². The van der Waals surface area contributed by atoms with Crippen LogP contribution in [0.1, 0.15) is 32.7 Å². The van der Waals surface area contributed by atoms with Gasteiger partial charge in [-0.2, -0.15) is 0 Å². The van der Waals surface area contributed by atoms with Crippen molar-refractivity contribution in [1.29, 1.82) is 0 Å².